The highest BCUT2D eigenvalue weighted by Crippen LogP contribution is 2.50. The Morgan fingerprint density at radius 1 is 0.838 bits per heavy atom. The lowest BCUT2D eigenvalue weighted by Crippen LogP contribution is -2.67. The quantitative estimate of drug-likeness (QED) is 0.408. The number of hydrogen-bond acceptors (Lipinski definition) is 6. The van der Waals surface area contributed by atoms with Crippen LogP contribution in [0.15, 0.2) is 60.7 Å². The zero-order valence-corrected chi connectivity index (χ0v) is 22.0. The van der Waals surface area contributed by atoms with E-state index in [1.54, 1.807) is 50.6 Å². The Bertz CT molecular complexity index is 1300. The zero-order valence-electron chi connectivity index (χ0n) is 22.0. The summed E-state index contributed by atoms with van der Waals surface area (Å²) in [6.45, 7) is 4.21. The molecule has 2 amide bonds. The molecule has 8 heteroatoms. The summed E-state index contributed by atoms with van der Waals surface area (Å²) in [6.07, 6.45) is -0.0213. The van der Waals surface area contributed by atoms with E-state index in [0.717, 1.165) is 5.56 Å². The summed E-state index contributed by atoms with van der Waals surface area (Å²) >= 11 is 0. The molecular weight excluding hydrogens is 472 g/mol. The normalized spacial score (nSPS) is 16.7. The van der Waals surface area contributed by atoms with Crippen LogP contribution in [0.25, 0.3) is 0 Å². The molecule has 8 nitrogen and oxygen atoms in total. The van der Waals surface area contributed by atoms with Crippen LogP contribution in [0.3, 0.4) is 0 Å². The number of rotatable bonds is 9. The fourth-order valence-corrected chi connectivity index (χ4v) is 4.64. The number of hydrogen-bond donors (Lipinski definition) is 1. The second-order valence-electron chi connectivity index (χ2n) is 9.10. The molecule has 0 aliphatic carbocycles. The fraction of sp³-hybridized carbons (Fsp3) is 0.310. The van der Waals surface area contributed by atoms with Crippen LogP contribution in [-0.2, 0) is 15.1 Å². The Labute approximate surface area is 217 Å². The van der Waals surface area contributed by atoms with Crippen molar-refractivity contribution in [3.05, 3.63) is 71.8 Å². The highest BCUT2D eigenvalue weighted by atomic mass is 16.5. The van der Waals surface area contributed by atoms with Crippen LogP contribution in [0.2, 0.25) is 0 Å². The van der Waals surface area contributed by atoms with Crippen LogP contribution in [0.5, 0.6) is 23.0 Å². The molecule has 1 atom stereocenters. The SMILES string of the molecule is COc1ccc(OC)c(NC(=O)C2(c3ccc(C(C)C)cc3)CC(=O)N2c2cc(OC)ccc2OC)c1. The molecule has 194 valence electrons. The summed E-state index contributed by atoms with van der Waals surface area (Å²) in [5, 5.41) is 2.99. The predicted molar refractivity (Wildman–Crippen MR) is 142 cm³/mol. The second-order valence-corrected chi connectivity index (χ2v) is 9.10. The number of β-lactam (4-membered cyclic amide) rings is 1. The van der Waals surface area contributed by atoms with Gasteiger partial charge in [-0.25, -0.2) is 0 Å². The lowest BCUT2D eigenvalue weighted by Gasteiger charge is -2.51. The van der Waals surface area contributed by atoms with E-state index in [-0.39, 0.29) is 18.2 Å². The van der Waals surface area contributed by atoms with E-state index >= 15 is 0 Å². The van der Waals surface area contributed by atoms with Crippen LogP contribution >= 0.6 is 0 Å². The van der Waals surface area contributed by atoms with E-state index in [0.29, 0.717) is 45.9 Å². The molecular formula is C29H32N2O6. The Balaban J connectivity index is 1.87. The van der Waals surface area contributed by atoms with Crippen molar-refractivity contribution in [2.45, 2.75) is 31.7 Å². The van der Waals surface area contributed by atoms with Gasteiger partial charge < -0.3 is 24.3 Å². The van der Waals surface area contributed by atoms with Gasteiger partial charge in [-0.2, -0.15) is 0 Å². The summed E-state index contributed by atoms with van der Waals surface area (Å²) in [5.74, 6) is 1.72. The summed E-state index contributed by atoms with van der Waals surface area (Å²) in [5.41, 5.74) is 1.35. The Kier molecular flexibility index (Phi) is 7.29. The van der Waals surface area contributed by atoms with Gasteiger partial charge >= 0.3 is 0 Å². The van der Waals surface area contributed by atoms with Gasteiger partial charge in [-0.1, -0.05) is 38.1 Å². The highest BCUT2D eigenvalue weighted by Gasteiger charge is 2.59. The average molecular weight is 505 g/mol. The van der Waals surface area contributed by atoms with Gasteiger partial charge in [0.05, 0.1) is 46.2 Å². The van der Waals surface area contributed by atoms with Crippen molar-refractivity contribution < 1.29 is 28.5 Å². The molecule has 1 aliphatic rings. The van der Waals surface area contributed by atoms with Gasteiger partial charge in [0.25, 0.3) is 5.91 Å². The smallest absolute Gasteiger partial charge is 0.256 e. The van der Waals surface area contributed by atoms with Gasteiger partial charge in [-0.3, -0.25) is 14.5 Å². The molecule has 4 rings (SSSR count). The number of nitrogens with one attached hydrogen (secondary N) is 1. The molecule has 0 radical (unpaired) electrons. The molecule has 3 aromatic carbocycles. The Morgan fingerprint density at radius 2 is 1.43 bits per heavy atom. The molecule has 1 saturated heterocycles. The van der Waals surface area contributed by atoms with E-state index in [4.69, 9.17) is 18.9 Å². The van der Waals surface area contributed by atoms with Crippen LogP contribution in [0.1, 0.15) is 37.3 Å². The van der Waals surface area contributed by atoms with E-state index < -0.39 is 5.54 Å². The van der Waals surface area contributed by atoms with Crippen LogP contribution in [0.4, 0.5) is 11.4 Å². The van der Waals surface area contributed by atoms with Gasteiger partial charge in [0, 0.05) is 12.1 Å². The number of methoxy groups -OCH3 is 4. The van der Waals surface area contributed by atoms with Crippen LogP contribution in [0, 0.1) is 0 Å². The number of carbonyl (C=O) groups excluding carboxylic acids is 2. The first-order chi connectivity index (χ1) is 17.8. The van der Waals surface area contributed by atoms with E-state index in [1.807, 2.05) is 24.3 Å². The fourth-order valence-electron chi connectivity index (χ4n) is 4.64. The Hall–Kier alpha value is -4.20. The number of benzene rings is 3. The number of amides is 2. The van der Waals surface area contributed by atoms with Crippen molar-refractivity contribution in [2.24, 2.45) is 0 Å². The third-order valence-corrected chi connectivity index (χ3v) is 6.75. The minimum Gasteiger partial charge on any atom is -0.497 e. The molecule has 1 heterocycles. The number of carbonyl (C=O) groups is 2. The van der Waals surface area contributed by atoms with Crippen LogP contribution in [-0.4, -0.2) is 40.3 Å². The molecule has 0 saturated carbocycles. The molecule has 1 aliphatic heterocycles. The maximum absolute atomic E-state index is 14.2. The lowest BCUT2D eigenvalue weighted by atomic mass is 9.75. The van der Waals surface area contributed by atoms with Crippen molar-refractivity contribution >= 4 is 23.2 Å². The minimum absolute atomic E-state index is 0.0213. The number of anilines is 2. The van der Waals surface area contributed by atoms with Gasteiger partial charge in [0.15, 0.2) is 5.54 Å². The summed E-state index contributed by atoms with van der Waals surface area (Å²) in [4.78, 5) is 28.9. The first-order valence-electron chi connectivity index (χ1n) is 12.0. The highest BCUT2D eigenvalue weighted by molar-refractivity contribution is 6.17. The summed E-state index contributed by atoms with van der Waals surface area (Å²) in [6, 6.07) is 18.1. The molecule has 3 aromatic rings. The monoisotopic (exact) mass is 504 g/mol. The second kappa shape index (κ2) is 10.4. The van der Waals surface area contributed by atoms with Crippen molar-refractivity contribution in [3.63, 3.8) is 0 Å². The standard InChI is InChI=1S/C29H32N2O6/c1-18(2)19-7-9-20(10-8-19)29(28(33)30-23-15-21(34-3)11-13-25(23)36-5)17-27(32)31(29)24-16-22(35-4)12-14-26(24)37-6/h7-16,18H,17H2,1-6H3,(H,30,33). The number of nitrogens with zero attached hydrogens (tertiary/aromatic N) is 1. The molecule has 1 N–H and O–H groups in total. The maximum Gasteiger partial charge on any atom is 0.256 e. The molecule has 37 heavy (non-hydrogen) atoms. The lowest BCUT2D eigenvalue weighted by molar-refractivity contribution is -0.137. The van der Waals surface area contributed by atoms with E-state index in [2.05, 4.69) is 19.2 Å². The van der Waals surface area contributed by atoms with Crippen LogP contribution < -0.4 is 29.2 Å². The topological polar surface area (TPSA) is 86.3 Å². The molecule has 1 unspecified atom stereocenters. The molecule has 0 spiro atoms. The maximum atomic E-state index is 14.2. The van der Waals surface area contributed by atoms with Gasteiger partial charge in [0.2, 0.25) is 5.91 Å². The first-order valence-corrected chi connectivity index (χ1v) is 12.0. The van der Waals surface area contributed by atoms with Gasteiger partial charge in [-0.05, 0) is 41.3 Å². The van der Waals surface area contributed by atoms with Crippen molar-refractivity contribution in [1.29, 1.82) is 0 Å². The van der Waals surface area contributed by atoms with Gasteiger partial charge in [0.1, 0.15) is 23.0 Å². The molecule has 0 bridgehead atoms. The van der Waals surface area contributed by atoms with Crippen molar-refractivity contribution in [2.75, 3.05) is 38.7 Å². The third-order valence-electron chi connectivity index (χ3n) is 6.75. The van der Waals surface area contributed by atoms with E-state index in [1.165, 1.54) is 19.1 Å². The predicted octanol–water partition coefficient (Wildman–Crippen LogP) is 5.12. The van der Waals surface area contributed by atoms with E-state index in [9.17, 15) is 9.59 Å². The average Bonchev–Trinajstić information content (AvgIpc) is 2.91. The first kappa shape index (κ1) is 25.9. The largest absolute Gasteiger partial charge is 0.497 e. The number of ether oxygens (including phenoxy) is 4. The molecule has 1 fully saturated rings. The zero-order chi connectivity index (χ0) is 26.7. The minimum atomic E-state index is -1.33. The van der Waals surface area contributed by atoms with Gasteiger partial charge in [-0.15, -0.1) is 0 Å². The molecule has 0 aromatic heterocycles. The third kappa shape index (κ3) is 4.55. The van der Waals surface area contributed by atoms with Crippen molar-refractivity contribution in [3.8, 4) is 23.0 Å². The summed E-state index contributed by atoms with van der Waals surface area (Å²) in [7, 11) is 6.14. The Morgan fingerprint density at radius 3 is 1.97 bits per heavy atom. The summed E-state index contributed by atoms with van der Waals surface area (Å²) < 4.78 is 21.8. The van der Waals surface area contributed by atoms with Crippen molar-refractivity contribution in [1.82, 2.24) is 0 Å².